The van der Waals surface area contributed by atoms with Gasteiger partial charge in [-0.05, 0) is 19.9 Å². The van der Waals surface area contributed by atoms with Crippen LogP contribution in [0.15, 0.2) is 18.5 Å². The summed E-state index contributed by atoms with van der Waals surface area (Å²) in [5.41, 5.74) is 0.353. The van der Waals surface area contributed by atoms with E-state index in [0.717, 1.165) is 0 Å². The fourth-order valence-corrected chi connectivity index (χ4v) is 1.91. The van der Waals surface area contributed by atoms with Gasteiger partial charge in [-0.1, -0.05) is 11.6 Å². The van der Waals surface area contributed by atoms with Gasteiger partial charge in [-0.3, -0.25) is 14.6 Å². The van der Waals surface area contributed by atoms with Crippen molar-refractivity contribution in [2.75, 3.05) is 26.7 Å². The standard InChI is InChI=1S/C13H18ClN3O2/c1-4-17(5-2)12(18)9-16(3)13(19)10-6-7-15-8-11(10)14/h6-8H,4-5,9H2,1-3H3. The van der Waals surface area contributed by atoms with E-state index in [9.17, 15) is 9.59 Å². The van der Waals surface area contributed by atoms with Crippen LogP contribution in [-0.2, 0) is 4.79 Å². The molecule has 0 aromatic carbocycles. The first kappa shape index (κ1) is 15.4. The van der Waals surface area contributed by atoms with Gasteiger partial charge in [-0.25, -0.2) is 0 Å². The highest BCUT2D eigenvalue weighted by molar-refractivity contribution is 6.33. The van der Waals surface area contributed by atoms with Crippen molar-refractivity contribution in [3.63, 3.8) is 0 Å². The number of amides is 2. The zero-order valence-corrected chi connectivity index (χ0v) is 12.1. The maximum absolute atomic E-state index is 12.1. The van der Waals surface area contributed by atoms with E-state index in [0.29, 0.717) is 18.7 Å². The molecule has 1 rings (SSSR count). The Morgan fingerprint density at radius 2 is 1.95 bits per heavy atom. The molecule has 0 saturated carbocycles. The van der Waals surface area contributed by atoms with E-state index in [4.69, 9.17) is 11.6 Å². The van der Waals surface area contributed by atoms with Crippen molar-refractivity contribution in [1.29, 1.82) is 0 Å². The fraction of sp³-hybridized carbons (Fsp3) is 0.462. The maximum Gasteiger partial charge on any atom is 0.255 e. The van der Waals surface area contributed by atoms with Gasteiger partial charge in [0.1, 0.15) is 0 Å². The number of pyridine rings is 1. The molecular weight excluding hydrogens is 266 g/mol. The summed E-state index contributed by atoms with van der Waals surface area (Å²) in [6.45, 7) is 5.12. The van der Waals surface area contributed by atoms with Crippen LogP contribution in [0.5, 0.6) is 0 Å². The highest BCUT2D eigenvalue weighted by Crippen LogP contribution is 2.15. The summed E-state index contributed by atoms with van der Waals surface area (Å²) < 4.78 is 0. The molecule has 0 saturated heterocycles. The number of carbonyl (C=O) groups excluding carboxylic acids is 2. The summed E-state index contributed by atoms with van der Waals surface area (Å²) in [6, 6.07) is 1.54. The molecule has 0 radical (unpaired) electrons. The van der Waals surface area contributed by atoms with Crippen molar-refractivity contribution in [2.24, 2.45) is 0 Å². The topological polar surface area (TPSA) is 53.5 Å². The van der Waals surface area contributed by atoms with Crippen LogP contribution in [0.25, 0.3) is 0 Å². The van der Waals surface area contributed by atoms with Crippen LogP contribution in [0.4, 0.5) is 0 Å². The number of aromatic nitrogens is 1. The van der Waals surface area contributed by atoms with Crippen LogP contribution in [0.1, 0.15) is 24.2 Å². The van der Waals surface area contributed by atoms with Gasteiger partial charge in [0, 0.05) is 32.5 Å². The van der Waals surface area contributed by atoms with E-state index in [1.807, 2.05) is 13.8 Å². The molecule has 1 aromatic rings. The van der Waals surface area contributed by atoms with Crippen LogP contribution in [0, 0.1) is 0 Å². The molecule has 0 spiro atoms. The Kier molecular flexibility index (Phi) is 5.76. The molecule has 0 fully saturated rings. The van der Waals surface area contributed by atoms with Gasteiger partial charge < -0.3 is 9.80 Å². The average Bonchev–Trinajstić information content (AvgIpc) is 2.39. The van der Waals surface area contributed by atoms with Crippen molar-refractivity contribution in [2.45, 2.75) is 13.8 Å². The molecule has 5 nitrogen and oxygen atoms in total. The number of rotatable bonds is 5. The first-order valence-corrected chi connectivity index (χ1v) is 6.51. The molecule has 0 aliphatic carbocycles. The average molecular weight is 284 g/mol. The molecule has 19 heavy (non-hydrogen) atoms. The van der Waals surface area contributed by atoms with E-state index in [1.165, 1.54) is 17.3 Å². The summed E-state index contributed by atoms with van der Waals surface area (Å²) in [6.07, 6.45) is 2.91. The van der Waals surface area contributed by atoms with Crippen LogP contribution >= 0.6 is 11.6 Å². The second-order valence-corrected chi connectivity index (χ2v) is 4.49. The summed E-state index contributed by atoms with van der Waals surface area (Å²) in [5.74, 6) is -0.362. The lowest BCUT2D eigenvalue weighted by Crippen LogP contribution is -2.41. The summed E-state index contributed by atoms with van der Waals surface area (Å²) >= 11 is 5.91. The third-order valence-corrected chi connectivity index (χ3v) is 3.14. The molecule has 0 N–H and O–H groups in total. The Morgan fingerprint density at radius 3 is 2.47 bits per heavy atom. The minimum Gasteiger partial charge on any atom is -0.342 e. The first-order valence-electron chi connectivity index (χ1n) is 6.14. The maximum atomic E-state index is 12.1. The molecule has 1 heterocycles. The molecule has 0 atom stereocenters. The minimum atomic E-state index is -0.284. The predicted molar refractivity (Wildman–Crippen MR) is 74.1 cm³/mol. The Labute approximate surface area is 118 Å². The minimum absolute atomic E-state index is 0.0408. The Balaban J connectivity index is 2.74. The number of likely N-dealkylation sites (N-methyl/N-ethyl adjacent to an activating group) is 2. The smallest absolute Gasteiger partial charge is 0.255 e. The van der Waals surface area contributed by atoms with E-state index in [-0.39, 0.29) is 23.4 Å². The third-order valence-electron chi connectivity index (χ3n) is 2.84. The highest BCUT2D eigenvalue weighted by atomic mass is 35.5. The highest BCUT2D eigenvalue weighted by Gasteiger charge is 2.19. The van der Waals surface area contributed by atoms with Gasteiger partial charge in [0.15, 0.2) is 0 Å². The van der Waals surface area contributed by atoms with Gasteiger partial charge in [-0.15, -0.1) is 0 Å². The second kappa shape index (κ2) is 7.09. The Hall–Kier alpha value is -1.62. The lowest BCUT2D eigenvalue weighted by Gasteiger charge is -2.23. The Morgan fingerprint density at radius 1 is 1.32 bits per heavy atom. The van der Waals surface area contributed by atoms with Crippen molar-refractivity contribution in [1.82, 2.24) is 14.8 Å². The number of nitrogens with zero attached hydrogens (tertiary/aromatic N) is 3. The summed E-state index contributed by atoms with van der Waals surface area (Å²) in [7, 11) is 1.58. The third kappa shape index (κ3) is 3.92. The van der Waals surface area contributed by atoms with Crippen molar-refractivity contribution >= 4 is 23.4 Å². The quantitative estimate of drug-likeness (QED) is 0.826. The van der Waals surface area contributed by atoms with E-state index < -0.39 is 0 Å². The number of halogens is 1. The lowest BCUT2D eigenvalue weighted by atomic mass is 10.2. The molecule has 0 bridgehead atoms. The molecule has 104 valence electrons. The van der Waals surface area contributed by atoms with Crippen molar-refractivity contribution in [3.8, 4) is 0 Å². The van der Waals surface area contributed by atoms with Gasteiger partial charge in [0.25, 0.3) is 5.91 Å². The van der Waals surface area contributed by atoms with E-state index in [1.54, 1.807) is 18.0 Å². The van der Waals surface area contributed by atoms with Crippen LogP contribution < -0.4 is 0 Å². The van der Waals surface area contributed by atoms with Crippen molar-refractivity contribution < 1.29 is 9.59 Å². The lowest BCUT2D eigenvalue weighted by molar-refractivity contribution is -0.131. The monoisotopic (exact) mass is 283 g/mol. The fourth-order valence-electron chi connectivity index (χ4n) is 1.71. The summed E-state index contributed by atoms with van der Waals surface area (Å²) in [5, 5.41) is 0.287. The molecule has 6 heteroatoms. The van der Waals surface area contributed by atoms with Crippen LogP contribution in [-0.4, -0.2) is 53.3 Å². The van der Waals surface area contributed by atoms with Crippen LogP contribution in [0.3, 0.4) is 0 Å². The van der Waals surface area contributed by atoms with E-state index in [2.05, 4.69) is 4.98 Å². The zero-order valence-electron chi connectivity index (χ0n) is 11.4. The zero-order chi connectivity index (χ0) is 14.4. The van der Waals surface area contributed by atoms with Crippen molar-refractivity contribution in [3.05, 3.63) is 29.0 Å². The normalized spacial score (nSPS) is 10.1. The molecular formula is C13H18ClN3O2. The summed E-state index contributed by atoms with van der Waals surface area (Å²) in [4.78, 5) is 30.9. The Bertz CT molecular complexity index is 461. The molecule has 2 amide bonds. The molecule has 0 unspecified atom stereocenters. The van der Waals surface area contributed by atoms with Gasteiger partial charge in [-0.2, -0.15) is 0 Å². The number of hydrogen-bond acceptors (Lipinski definition) is 3. The molecule has 0 aliphatic rings. The largest absolute Gasteiger partial charge is 0.342 e. The predicted octanol–water partition coefficient (Wildman–Crippen LogP) is 1.68. The number of carbonyl (C=O) groups is 2. The van der Waals surface area contributed by atoms with Crippen LogP contribution in [0.2, 0.25) is 5.02 Å². The van der Waals surface area contributed by atoms with Gasteiger partial charge >= 0.3 is 0 Å². The molecule has 0 aliphatic heterocycles. The van der Waals surface area contributed by atoms with E-state index >= 15 is 0 Å². The molecule has 1 aromatic heterocycles. The second-order valence-electron chi connectivity index (χ2n) is 4.08. The van der Waals surface area contributed by atoms with Gasteiger partial charge in [0.2, 0.25) is 5.91 Å². The SMILES string of the molecule is CCN(CC)C(=O)CN(C)C(=O)c1ccncc1Cl. The first-order chi connectivity index (χ1) is 9.01. The van der Waals surface area contributed by atoms with Gasteiger partial charge in [0.05, 0.1) is 17.1 Å². The number of hydrogen-bond donors (Lipinski definition) is 0.